The Morgan fingerprint density at radius 3 is 2.38 bits per heavy atom. The predicted molar refractivity (Wildman–Crippen MR) is 87.8 cm³/mol. The molecule has 0 unspecified atom stereocenters. The Labute approximate surface area is 127 Å². The molecular weight excluding hydrogens is 262 g/mol. The van der Waals surface area contributed by atoms with Crippen molar-refractivity contribution in [1.29, 1.82) is 0 Å². The molecule has 114 valence electrons. The van der Waals surface area contributed by atoms with Crippen molar-refractivity contribution in [2.75, 3.05) is 23.3 Å². The molecule has 2 aromatic rings. The second kappa shape index (κ2) is 6.61. The summed E-state index contributed by atoms with van der Waals surface area (Å²) in [6.07, 6.45) is 1.90. The zero-order valence-corrected chi connectivity index (χ0v) is 13.6. The lowest BCUT2D eigenvalue weighted by atomic mass is 10.2. The van der Waals surface area contributed by atoms with E-state index in [4.69, 9.17) is 0 Å². The Morgan fingerprint density at radius 1 is 1.19 bits per heavy atom. The number of nitrogens with one attached hydrogen (secondary N) is 1. The van der Waals surface area contributed by atoms with Gasteiger partial charge in [-0.25, -0.2) is 4.98 Å². The molecule has 0 aliphatic carbocycles. The quantitative estimate of drug-likeness (QED) is 0.887. The van der Waals surface area contributed by atoms with Crippen LogP contribution in [0, 0.1) is 13.8 Å². The molecule has 5 nitrogen and oxygen atoms in total. The minimum absolute atomic E-state index is 0.776. The van der Waals surface area contributed by atoms with Gasteiger partial charge in [0.1, 0.15) is 5.82 Å². The molecule has 0 amide bonds. The first kappa shape index (κ1) is 15.4. The fraction of sp³-hybridized carbons (Fsp3) is 0.500. The molecule has 0 atom stereocenters. The van der Waals surface area contributed by atoms with Gasteiger partial charge in [-0.1, -0.05) is 0 Å². The van der Waals surface area contributed by atoms with Crippen molar-refractivity contribution in [2.24, 2.45) is 7.05 Å². The molecule has 2 aromatic heterocycles. The highest BCUT2D eigenvalue weighted by Gasteiger charge is 2.09. The van der Waals surface area contributed by atoms with Gasteiger partial charge < -0.3 is 10.2 Å². The molecule has 1 N–H and O–H groups in total. The van der Waals surface area contributed by atoms with Crippen LogP contribution in [0.3, 0.4) is 0 Å². The number of pyridine rings is 1. The molecule has 21 heavy (non-hydrogen) atoms. The Balaban J connectivity index is 2.04. The number of aryl methyl sites for hydroxylation is 2. The Morgan fingerprint density at radius 2 is 1.90 bits per heavy atom. The zero-order chi connectivity index (χ0) is 15.4. The fourth-order valence-corrected chi connectivity index (χ4v) is 2.49. The van der Waals surface area contributed by atoms with Crippen LogP contribution in [0.2, 0.25) is 0 Å². The highest BCUT2D eigenvalue weighted by Crippen LogP contribution is 2.17. The standard InChI is InChI=1S/C16H25N5/c1-6-21(7-2)16-9-8-14(10-18-16)17-11-15-12(3)19-20(5)13(15)4/h8-10,17H,6-7,11H2,1-5H3. The molecule has 2 heterocycles. The highest BCUT2D eigenvalue weighted by atomic mass is 15.3. The molecule has 0 saturated carbocycles. The summed E-state index contributed by atoms with van der Waals surface area (Å²) < 4.78 is 1.92. The Kier molecular flexibility index (Phi) is 4.83. The van der Waals surface area contributed by atoms with Gasteiger partial charge in [-0.2, -0.15) is 5.10 Å². The smallest absolute Gasteiger partial charge is 0.128 e. The first-order chi connectivity index (χ1) is 10.1. The summed E-state index contributed by atoms with van der Waals surface area (Å²) in [5.74, 6) is 1.03. The first-order valence-electron chi connectivity index (χ1n) is 7.50. The van der Waals surface area contributed by atoms with Gasteiger partial charge in [0, 0.05) is 37.9 Å². The van der Waals surface area contributed by atoms with E-state index >= 15 is 0 Å². The molecule has 0 saturated heterocycles. The van der Waals surface area contributed by atoms with Crippen LogP contribution in [0.25, 0.3) is 0 Å². The van der Waals surface area contributed by atoms with Gasteiger partial charge >= 0.3 is 0 Å². The summed E-state index contributed by atoms with van der Waals surface area (Å²) in [5.41, 5.74) is 4.57. The second-order valence-corrected chi connectivity index (χ2v) is 5.20. The molecule has 0 aliphatic heterocycles. The second-order valence-electron chi connectivity index (χ2n) is 5.20. The minimum atomic E-state index is 0.776. The van der Waals surface area contributed by atoms with E-state index in [2.05, 4.69) is 53.2 Å². The molecule has 5 heteroatoms. The predicted octanol–water partition coefficient (Wildman–Crippen LogP) is 2.89. The van der Waals surface area contributed by atoms with Crippen LogP contribution in [-0.4, -0.2) is 27.9 Å². The van der Waals surface area contributed by atoms with Crippen molar-refractivity contribution in [1.82, 2.24) is 14.8 Å². The van der Waals surface area contributed by atoms with Crippen LogP contribution in [0.15, 0.2) is 18.3 Å². The molecule has 0 spiro atoms. The van der Waals surface area contributed by atoms with E-state index in [1.54, 1.807) is 0 Å². The number of aromatic nitrogens is 3. The zero-order valence-electron chi connectivity index (χ0n) is 13.6. The lowest BCUT2D eigenvalue weighted by molar-refractivity contribution is 0.730. The van der Waals surface area contributed by atoms with E-state index in [-0.39, 0.29) is 0 Å². The normalized spacial score (nSPS) is 10.7. The summed E-state index contributed by atoms with van der Waals surface area (Å²) in [4.78, 5) is 6.76. The van der Waals surface area contributed by atoms with E-state index in [1.807, 2.05) is 24.9 Å². The van der Waals surface area contributed by atoms with Gasteiger partial charge in [0.05, 0.1) is 17.6 Å². The fourth-order valence-electron chi connectivity index (χ4n) is 2.49. The van der Waals surface area contributed by atoms with Gasteiger partial charge in [-0.3, -0.25) is 4.68 Å². The molecular formula is C16H25N5. The van der Waals surface area contributed by atoms with Crippen LogP contribution in [-0.2, 0) is 13.6 Å². The van der Waals surface area contributed by atoms with Crippen molar-refractivity contribution < 1.29 is 0 Å². The van der Waals surface area contributed by atoms with Gasteiger partial charge in [-0.15, -0.1) is 0 Å². The van der Waals surface area contributed by atoms with Crippen molar-refractivity contribution in [3.63, 3.8) is 0 Å². The van der Waals surface area contributed by atoms with Crippen molar-refractivity contribution >= 4 is 11.5 Å². The third kappa shape index (κ3) is 3.35. The maximum atomic E-state index is 4.53. The number of rotatable bonds is 6. The van der Waals surface area contributed by atoms with Crippen LogP contribution < -0.4 is 10.2 Å². The Bertz CT molecular complexity index is 581. The molecule has 0 radical (unpaired) electrons. The van der Waals surface area contributed by atoms with Crippen molar-refractivity contribution in [3.05, 3.63) is 35.3 Å². The monoisotopic (exact) mass is 287 g/mol. The van der Waals surface area contributed by atoms with Crippen LogP contribution in [0.1, 0.15) is 30.8 Å². The lowest BCUT2D eigenvalue weighted by Gasteiger charge is -2.19. The van der Waals surface area contributed by atoms with E-state index in [0.717, 1.165) is 36.8 Å². The number of anilines is 2. The summed E-state index contributed by atoms with van der Waals surface area (Å²) in [5, 5.41) is 7.86. The number of nitrogens with zero attached hydrogens (tertiary/aromatic N) is 4. The summed E-state index contributed by atoms with van der Waals surface area (Å²) in [6, 6.07) is 4.15. The van der Waals surface area contributed by atoms with Gasteiger partial charge in [0.15, 0.2) is 0 Å². The van der Waals surface area contributed by atoms with Crippen LogP contribution in [0.4, 0.5) is 11.5 Å². The maximum Gasteiger partial charge on any atom is 0.128 e. The topological polar surface area (TPSA) is 46.0 Å². The number of hydrogen-bond acceptors (Lipinski definition) is 4. The van der Waals surface area contributed by atoms with Crippen LogP contribution in [0.5, 0.6) is 0 Å². The van der Waals surface area contributed by atoms with E-state index in [1.165, 1.54) is 11.3 Å². The molecule has 0 aliphatic rings. The average molecular weight is 287 g/mol. The SMILES string of the molecule is CCN(CC)c1ccc(NCc2c(C)nn(C)c2C)cn1. The first-order valence-corrected chi connectivity index (χ1v) is 7.50. The average Bonchev–Trinajstić information content (AvgIpc) is 2.73. The molecule has 0 fully saturated rings. The minimum Gasteiger partial charge on any atom is -0.380 e. The van der Waals surface area contributed by atoms with Gasteiger partial charge in [0.25, 0.3) is 0 Å². The summed E-state index contributed by atoms with van der Waals surface area (Å²) >= 11 is 0. The third-order valence-electron chi connectivity index (χ3n) is 3.96. The molecule has 0 bridgehead atoms. The largest absolute Gasteiger partial charge is 0.380 e. The number of hydrogen-bond donors (Lipinski definition) is 1. The van der Waals surface area contributed by atoms with Crippen LogP contribution >= 0.6 is 0 Å². The maximum absolute atomic E-state index is 4.53. The van der Waals surface area contributed by atoms with Crippen molar-refractivity contribution in [3.8, 4) is 0 Å². The van der Waals surface area contributed by atoms with Gasteiger partial charge in [0.2, 0.25) is 0 Å². The summed E-state index contributed by atoms with van der Waals surface area (Å²) in [7, 11) is 1.98. The van der Waals surface area contributed by atoms with Crippen molar-refractivity contribution in [2.45, 2.75) is 34.2 Å². The van der Waals surface area contributed by atoms with E-state index in [0.29, 0.717) is 0 Å². The Hall–Kier alpha value is -2.04. The summed E-state index contributed by atoms with van der Waals surface area (Å²) in [6.45, 7) is 11.2. The lowest BCUT2D eigenvalue weighted by Crippen LogP contribution is -2.22. The van der Waals surface area contributed by atoms with Gasteiger partial charge in [-0.05, 0) is 39.8 Å². The third-order valence-corrected chi connectivity index (χ3v) is 3.96. The molecule has 0 aromatic carbocycles. The van der Waals surface area contributed by atoms with E-state index < -0.39 is 0 Å². The van der Waals surface area contributed by atoms with E-state index in [9.17, 15) is 0 Å². The highest BCUT2D eigenvalue weighted by molar-refractivity contribution is 5.49. The molecule has 2 rings (SSSR count).